The van der Waals surface area contributed by atoms with Crippen LogP contribution in [0.2, 0.25) is 0 Å². The summed E-state index contributed by atoms with van der Waals surface area (Å²) in [5, 5.41) is 2.90. The second kappa shape index (κ2) is 6.81. The molecule has 1 aliphatic heterocycles. The Morgan fingerprint density at radius 1 is 1.08 bits per heavy atom. The SMILES string of the molecule is O=C(/C=C/c1cnc2ccccn12)Nc1ccc(N2CCCC2)cc1. The van der Waals surface area contributed by atoms with Crippen LogP contribution in [-0.4, -0.2) is 28.4 Å². The van der Waals surface area contributed by atoms with E-state index in [1.54, 1.807) is 12.3 Å². The summed E-state index contributed by atoms with van der Waals surface area (Å²) in [4.78, 5) is 18.8. The molecule has 3 aromatic rings. The van der Waals surface area contributed by atoms with Crippen molar-refractivity contribution in [2.75, 3.05) is 23.3 Å². The summed E-state index contributed by atoms with van der Waals surface area (Å²) in [5.41, 5.74) is 3.75. The smallest absolute Gasteiger partial charge is 0.248 e. The number of hydrogen-bond acceptors (Lipinski definition) is 3. The van der Waals surface area contributed by atoms with Gasteiger partial charge in [0.2, 0.25) is 5.91 Å². The first kappa shape index (κ1) is 15.4. The fourth-order valence-corrected chi connectivity index (χ4v) is 3.15. The average Bonchev–Trinajstić information content (AvgIpc) is 3.31. The Hall–Kier alpha value is -3.08. The van der Waals surface area contributed by atoms with E-state index in [0.717, 1.165) is 30.1 Å². The van der Waals surface area contributed by atoms with E-state index in [9.17, 15) is 4.79 Å². The number of nitrogens with one attached hydrogen (secondary N) is 1. The maximum Gasteiger partial charge on any atom is 0.248 e. The van der Waals surface area contributed by atoms with E-state index in [1.807, 2.05) is 40.9 Å². The molecule has 0 radical (unpaired) electrons. The number of aromatic nitrogens is 2. The number of fused-ring (bicyclic) bond motifs is 1. The minimum Gasteiger partial charge on any atom is -0.372 e. The molecule has 1 N–H and O–H groups in total. The van der Waals surface area contributed by atoms with Crippen molar-refractivity contribution in [3.63, 3.8) is 0 Å². The summed E-state index contributed by atoms with van der Waals surface area (Å²) < 4.78 is 1.94. The molecule has 0 unspecified atom stereocenters. The Labute approximate surface area is 146 Å². The van der Waals surface area contributed by atoms with Gasteiger partial charge in [0.1, 0.15) is 5.65 Å². The molecule has 4 rings (SSSR count). The number of imidazole rings is 1. The molecular weight excluding hydrogens is 312 g/mol. The molecule has 1 saturated heterocycles. The van der Waals surface area contributed by atoms with Gasteiger partial charge in [0.15, 0.2) is 0 Å². The highest BCUT2D eigenvalue weighted by Gasteiger charge is 2.11. The Bertz CT molecular complexity index is 905. The molecule has 1 aromatic carbocycles. The van der Waals surface area contributed by atoms with Crippen molar-refractivity contribution in [3.8, 4) is 0 Å². The predicted molar refractivity (Wildman–Crippen MR) is 101 cm³/mol. The molecule has 0 bridgehead atoms. The molecule has 0 aliphatic carbocycles. The minimum atomic E-state index is -0.153. The fourth-order valence-electron chi connectivity index (χ4n) is 3.15. The van der Waals surface area contributed by atoms with E-state index in [2.05, 4.69) is 27.3 Å². The van der Waals surface area contributed by atoms with Gasteiger partial charge in [-0.05, 0) is 55.3 Å². The van der Waals surface area contributed by atoms with E-state index in [0.29, 0.717) is 0 Å². The van der Waals surface area contributed by atoms with Gasteiger partial charge in [0, 0.05) is 36.7 Å². The average molecular weight is 332 g/mol. The van der Waals surface area contributed by atoms with Crippen LogP contribution in [0, 0.1) is 0 Å². The predicted octanol–water partition coefficient (Wildman–Crippen LogP) is 3.59. The van der Waals surface area contributed by atoms with Gasteiger partial charge in [0.25, 0.3) is 0 Å². The number of carbonyl (C=O) groups excluding carboxylic acids is 1. The lowest BCUT2D eigenvalue weighted by molar-refractivity contribution is -0.111. The van der Waals surface area contributed by atoms with Crippen LogP contribution >= 0.6 is 0 Å². The molecule has 0 saturated carbocycles. The Morgan fingerprint density at radius 2 is 1.88 bits per heavy atom. The molecule has 3 heterocycles. The maximum atomic E-state index is 12.1. The van der Waals surface area contributed by atoms with Gasteiger partial charge < -0.3 is 14.6 Å². The first-order chi connectivity index (χ1) is 12.3. The molecule has 0 atom stereocenters. The molecule has 5 nitrogen and oxygen atoms in total. The summed E-state index contributed by atoms with van der Waals surface area (Å²) in [6, 6.07) is 13.8. The second-order valence-corrected chi connectivity index (χ2v) is 6.18. The van der Waals surface area contributed by atoms with E-state index in [4.69, 9.17) is 0 Å². The van der Waals surface area contributed by atoms with Gasteiger partial charge in [-0.25, -0.2) is 4.98 Å². The molecular formula is C20H20N4O. The summed E-state index contributed by atoms with van der Waals surface area (Å²) in [7, 11) is 0. The zero-order valence-corrected chi connectivity index (χ0v) is 13.9. The van der Waals surface area contributed by atoms with Crippen molar-refractivity contribution >= 4 is 29.0 Å². The number of hydrogen-bond donors (Lipinski definition) is 1. The number of rotatable bonds is 4. The molecule has 1 aliphatic rings. The summed E-state index contributed by atoms with van der Waals surface area (Å²) in [6.45, 7) is 2.24. The van der Waals surface area contributed by atoms with Crippen molar-refractivity contribution in [2.24, 2.45) is 0 Å². The highest BCUT2D eigenvalue weighted by molar-refractivity contribution is 6.01. The van der Waals surface area contributed by atoms with Crippen LogP contribution in [0.1, 0.15) is 18.5 Å². The third-order valence-corrected chi connectivity index (χ3v) is 4.46. The third-order valence-electron chi connectivity index (χ3n) is 4.46. The molecule has 0 spiro atoms. The Balaban J connectivity index is 1.41. The largest absolute Gasteiger partial charge is 0.372 e. The number of carbonyl (C=O) groups is 1. The fraction of sp³-hybridized carbons (Fsp3) is 0.200. The van der Waals surface area contributed by atoms with Crippen molar-refractivity contribution in [2.45, 2.75) is 12.8 Å². The number of amides is 1. The first-order valence-electron chi connectivity index (χ1n) is 8.56. The van der Waals surface area contributed by atoms with E-state index in [-0.39, 0.29) is 5.91 Å². The number of pyridine rings is 1. The Kier molecular flexibility index (Phi) is 4.21. The van der Waals surface area contributed by atoms with Crippen LogP contribution < -0.4 is 10.2 Å². The molecule has 126 valence electrons. The van der Waals surface area contributed by atoms with Crippen LogP contribution in [0.25, 0.3) is 11.7 Å². The standard InChI is InChI=1S/C20H20N4O/c25-20(11-10-18-15-21-19-5-1-2-14-24(18)19)22-16-6-8-17(9-7-16)23-12-3-4-13-23/h1-2,5-11,14-15H,3-4,12-13H2,(H,22,25)/b11-10+. The van der Waals surface area contributed by atoms with Gasteiger partial charge in [-0.2, -0.15) is 0 Å². The third kappa shape index (κ3) is 3.40. The monoisotopic (exact) mass is 332 g/mol. The zero-order valence-electron chi connectivity index (χ0n) is 13.9. The number of benzene rings is 1. The Morgan fingerprint density at radius 3 is 2.68 bits per heavy atom. The zero-order chi connectivity index (χ0) is 17.1. The second-order valence-electron chi connectivity index (χ2n) is 6.18. The van der Waals surface area contributed by atoms with E-state index < -0.39 is 0 Å². The van der Waals surface area contributed by atoms with Gasteiger partial charge in [0.05, 0.1) is 11.9 Å². The van der Waals surface area contributed by atoms with E-state index >= 15 is 0 Å². The highest BCUT2D eigenvalue weighted by atomic mass is 16.1. The van der Waals surface area contributed by atoms with Crippen LogP contribution in [0.15, 0.2) is 60.9 Å². The molecule has 1 amide bonds. The minimum absolute atomic E-state index is 0.153. The van der Waals surface area contributed by atoms with Gasteiger partial charge in [-0.3, -0.25) is 4.79 Å². The lowest BCUT2D eigenvalue weighted by Crippen LogP contribution is -2.17. The summed E-state index contributed by atoms with van der Waals surface area (Å²) >= 11 is 0. The van der Waals surface area contributed by atoms with Crippen molar-refractivity contribution < 1.29 is 4.79 Å². The molecule has 2 aromatic heterocycles. The summed E-state index contributed by atoms with van der Waals surface area (Å²) in [6.07, 6.45) is 9.50. The van der Waals surface area contributed by atoms with Crippen molar-refractivity contribution in [1.82, 2.24) is 9.38 Å². The topological polar surface area (TPSA) is 49.6 Å². The number of anilines is 2. The van der Waals surface area contributed by atoms with Crippen LogP contribution in [-0.2, 0) is 4.79 Å². The lowest BCUT2D eigenvalue weighted by atomic mass is 10.2. The molecule has 5 heteroatoms. The number of nitrogens with zero attached hydrogens (tertiary/aromatic N) is 3. The van der Waals surface area contributed by atoms with Crippen LogP contribution in [0.4, 0.5) is 11.4 Å². The van der Waals surface area contributed by atoms with Gasteiger partial charge in [-0.15, -0.1) is 0 Å². The van der Waals surface area contributed by atoms with E-state index in [1.165, 1.54) is 24.6 Å². The normalized spacial score (nSPS) is 14.5. The molecule has 25 heavy (non-hydrogen) atoms. The van der Waals surface area contributed by atoms with Crippen molar-refractivity contribution in [1.29, 1.82) is 0 Å². The highest BCUT2D eigenvalue weighted by Crippen LogP contribution is 2.22. The van der Waals surface area contributed by atoms with Crippen LogP contribution in [0.3, 0.4) is 0 Å². The quantitative estimate of drug-likeness (QED) is 0.743. The van der Waals surface area contributed by atoms with Gasteiger partial charge >= 0.3 is 0 Å². The molecule has 1 fully saturated rings. The van der Waals surface area contributed by atoms with Crippen LogP contribution in [0.5, 0.6) is 0 Å². The summed E-state index contributed by atoms with van der Waals surface area (Å²) in [5.74, 6) is -0.153. The lowest BCUT2D eigenvalue weighted by Gasteiger charge is -2.17. The van der Waals surface area contributed by atoms with Crippen molar-refractivity contribution in [3.05, 3.63) is 66.6 Å². The van der Waals surface area contributed by atoms with Gasteiger partial charge in [-0.1, -0.05) is 6.07 Å². The first-order valence-corrected chi connectivity index (χ1v) is 8.56. The maximum absolute atomic E-state index is 12.1.